The zero-order chi connectivity index (χ0) is 13.1. The number of rotatable bonds is 4. The molecule has 19 heavy (non-hydrogen) atoms. The SMILES string of the molecule is Cc1cccn2cc(CNCC3CCCCC3)nc12. The predicted molar refractivity (Wildman–Crippen MR) is 78.2 cm³/mol. The van der Waals surface area contributed by atoms with Crippen molar-refractivity contribution in [2.45, 2.75) is 45.6 Å². The zero-order valence-electron chi connectivity index (χ0n) is 11.7. The van der Waals surface area contributed by atoms with Crippen LogP contribution >= 0.6 is 0 Å². The fourth-order valence-electron chi connectivity index (χ4n) is 3.09. The molecule has 0 aliphatic heterocycles. The van der Waals surface area contributed by atoms with Gasteiger partial charge in [0.05, 0.1) is 5.69 Å². The summed E-state index contributed by atoms with van der Waals surface area (Å²) in [5.41, 5.74) is 3.46. The second kappa shape index (κ2) is 5.74. The molecule has 1 saturated carbocycles. The molecule has 3 heteroatoms. The third-order valence-electron chi connectivity index (χ3n) is 4.19. The maximum Gasteiger partial charge on any atom is 0.139 e. The van der Waals surface area contributed by atoms with Gasteiger partial charge >= 0.3 is 0 Å². The van der Waals surface area contributed by atoms with E-state index in [1.807, 2.05) is 0 Å². The summed E-state index contributed by atoms with van der Waals surface area (Å²) in [5, 5.41) is 3.58. The van der Waals surface area contributed by atoms with Crippen molar-refractivity contribution in [3.8, 4) is 0 Å². The molecule has 1 aliphatic carbocycles. The summed E-state index contributed by atoms with van der Waals surface area (Å²) < 4.78 is 2.12. The molecule has 0 saturated heterocycles. The number of imidazole rings is 1. The van der Waals surface area contributed by atoms with Crippen LogP contribution in [0.5, 0.6) is 0 Å². The average Bonchev–Trinajstić information content (AvgIpc) is 2.84. The summed E-state index contributed by atoms with van der Waals surface area (Å²) in [7, 11) is 0. The highest BCUT2D eigenvalue weighted by Crippen LogP contribution is 2.22. The Balaban J connectivity index is 1.57. The number of nitrogens with zero attached hydrogens (tertiary/aromatic N) is 2. The molecule has 0 unspecified atom stereocenters. The number of aromatic nitrogens is 2. The van der Waals surface area contributed by atoms with Crippen molar-refractivity contribution < 1.29 is 0 Å². The molecule has 1 fully saturated rings. The van der Waals surface area contributed by atoms with Gasteiger partial charge in [-0.25, -0.2) is 4.98 Å². The van der Waals surface area contributed by atoms with Gasteiger partial charge in [-0.1, -0.05) is 25.3 Å². The number of pyridine rings is 1. The van der Waals surface area contributed by atoms with E-state index in [0.29, 0.717) is 0 Å². The fraction of sp³-hybridized carbons (Fsp3) is 0.562. The van der Waals surface area contributed by atoms with E-state index in [9.17, 15) is 0 Å². The topological polar surface area (TPSA) is 29.3 Å². The van der Waals surface area contributed by atoms with E-state index < -0.39 is 0 Å². The number of hydrogen-bond donors (Lipinski definition) is 1. The number of nitrogens with one attached hydrogen (secondary N) is 1. The minimum absolute atomic E-state index is 0.882. The largest absolute Gasteiger partial charge is 0.311 e. The van der Waals surface area contributed by atoms with Gasteiger partial charge in [0.1, 0.15) is 5.65 Å². The normalized spacial score (nSPS) is 17.1. The van der Waals surface area contributed by atoms with E-state index in [-0.39, 0.29) is 0 Å². The molecular weight excluding hydrogens is 234 g/mol. The van der Waals surface area contributed by atoms with E-state index in [0.717, 1.165) is 30.3 Å². The van der Waals surface area contributed by atoms with Crippen LogP contribution in [0.4, 0.5) is 0 Å². The lowest BCUT2D eigenvalue weighted by atomic mass is 9.89. The Bertz CT molecular complexity index is 538. The summed E-state index contributed by atoms with van der Waals surface area (Å²) in [6, 6.07) is 4.19. The van der Waals surface area contributed by atoms with E-state index in [1.54, 1.807) is 0 Å². The van der Waals surface area contributed by atoms with Gasteiger partial charge in [0.2, 0.25) is 0 Å². The van der Waals surface area contributed by atoms with Crippen molar-refractivity contribution >= 4 is 5.65 Å². The summed E-state index contributed by atoms with van der Waals surface area (Å²) in [5.74, 6) is 0.882. The van der Waals surface area contributed by atoms with Gasteiger partial charge in [0.15, 0.2) is 0 Å². The molecule has 0 atom stereocenters. The summed E-state index contributed by atoms with van der Waals surface area (Å²) in [4.78, 5) is 4.70. The molecular formula is C16H23N3. The van der Waals surface area contributed by atoms with Crippen LogP contribution < -0.4 is 5.32 Å². The molecule has 2 heterocycles. The lowest BCUT2D eigenvalue weighted by Gasteiger charge is -2.21. The molecule has 1 aliphatic rings. The van der Waals surface area contributed by atoms with Gasteiger partial charge in [0, 0.05) is 18.9 Å². The van der Waals surface area contributed by atoms with Crippen LogP contribution in [0.25, 0.3) is 5.65 Å². The molecule has 2 aromatic heterocycles. The van der Waals surface area contributed by atoms with Crippen molar-refractivity contribution in [2.24, 2.45) is 5.92 Å². The second-order valence-electron chi connectivity index (χ2n) is 5.79. The minimum Gasteiger partial charge on any atom is -0.311 e. The lowest BCUT2D eigenvalue weighted by molar-refractivity contribution is 0.341. The third-order valence-corrected chi connectivity index (χ3v) is 4.19. The standard InChI is InChI=1S/C16H23N3/c1-13-6-5-9-19-12-15(18-16(13)19)11-17-10-14-7-3-2-4-8-14/h5-6,9,12,14,17H,2-4,7-8,10-11H2,1H3. The average molecular weight is 257 g/mol. The second-order valence-corrected chi connectivity index (χ2v) is 5.79. The number of fused-ring (bicyclic) bond motifs is 1. The monoisotopic (exact) mass is 257 g/mol. The smallest absolute Gasteiger partial charge is 0.139 e. The van der Waals surface area contributed by atoms with Gasteiger partial charge in [-0.05, 0) is 43.9 Å². The highest BCUT2D eigenvalue weighted by atomic mass is 15.0. The van der Waals surface area contributed by atoms with Crippen LogP contribution in [0.15, 0.2) is 24.5 Å². The Labute approximate surface area is 115 Å². The Kier molecular flexibility index (Phi) is 3.83. The Hall–Kier alpha value is -1.35. The summed E-state index contributed by atoms with van der Waals surface area (Å²) >= 11 is 0. The summed E-state index contributed by atoms with van der Waals surface area (Å²) in [6.07, 6.45) is 11.3. The van der Waals surface area contributed by atoms with Gasteiger partial charge in [-0.15, -0.1) is 0 Å². The highest BCUT2D eigenvalue weighted by Gasteiger charge is 2.12. The highest BCUT2D eigenvalue weighted by molar-refractivity contribution is 5.47. The van der Waals surface area contributed by atoms with Crippen molar-refractivity contribution in [2.75, 3.05) is 6.54 Å². The van der Waals surface area contributed by atoms with E-state index in [2.05, 4.69) is 41.2 Å². The zero-order valence-corrected chi connectivity index (χ0v) is 11.7. The summed E-state index contributed by atoms with van der Waals surface area (Å²) in [6.45, 7) is 4.14. The molecule has 0 bridgehead atoms. The predicted octanol–water partition coefficient (Wildman–Crippen LogP) is 3.31. The van der Waals surface area contributed by atoms with Crippen LogP contribution in [0.2, 0.25) is 0 Å². The van der Waals surface area contributed by atoms with E-state index in [4.69, 9.17) is 4.98 Å². The molecule has 0 radical (unpaired) electrons. The Morgan fingerprint density at radius 3 is 2.95 bits per heavy atom. The van der Waals surface area contributed by atoms with Crippen LogP contribution in [0, 0.1) is 12.8 Å². The number of hydrogen-bond acceptors (Lipinski definition) is 2. The van der Waals surface area contributed by atoms with Crippen LogP contribution in [-0.2, 0) is 6.54 Å². The lowest BCUT2D eigenvalue weighted by Crippen LogP contribution is -2.24. The molecule has 102 valence electrons. The van der Waals surface area contributed by atoms with Crippen molar-refractivity contribution in [3.05, 3.63) is 35.8 Å². The maximum atomic E-state index is 4.70. The Morgan fingerprint density at radius 1 is 1.32 bits per heavy atom. The van der Waals surface area contributed by atoms with E-state index >= 15 is 0 Å². The van der Waals surface area contributed by atoms with Gasteiger partial charge in [0.25, 0.3) is 0 Å². The van der Waals surface area contributed by atoms with E-state index in [1.165, 1.54) is 37.7 Å². The maximum absolute atomic E-state index is 4.70. The first-order valence-corrected chi connectivity index (χ1v) is 7.47. The first-order valence-electron chi connectivity index (χ1n) is 7.47. The van der Waals surface area contributed by atoms with Gasteiger partial charge in [-0.3, -0.25) is 0 Å². The first-order chi connectivity index (χ1) is 9.33. The van der Waals surface area contributed by atoms with Crippen LogP contribution in [0.1, 0.15) is 43.4 Å². The van der Waals surface area contributed by atoms with Crippen molar-refractivity contribution in [1.29, 1.82) is 0 Å². The molecule has 0 amide bonds. The molecule has 3 nitrogen and oxygen atoms in total. The van der Waals surface area contributed by atoms with Crippen LogP contribution in [-0.4, -0.2) is 15.9 Å². The molecule has 1 N–H and O–H groups in total. The Morgan fingerprint density at radius 2 is 2.16 bits per heavy atom. The molecule has 0 spiro atoms. The third kappa shape index (κ3) is 2.98. The van der Waals surface area contributed by atoms with Crippen LogP contribution in [0.3, 0.4) is 0 Å². The first kappa shape index (κ1) is 12.7. The molecule has 2 aromatic rings. The van der Waals surface area contributed by atoms with Crippen molar-refractivity contribution in [3.63, 3.8) is 0 Å². The fourth-order valence-corrected chi connectivity index (χ4v) is 3.09. The molecule has 0 aromatic carbocycles. The minimum atomic E-state index is 0.882. The van der Waals surface area contributed by atoms with Gasteiger partial charge in [-0.2, -0.15) is 0 Å². The van der Waals surface area contributed by atoms with Gasteiger partial charge < -0.3 is 9.72 Å². The van der Waals surface area contributed by atoms with Crippen molar-refractivity contribution in [1.82, 2.24) is 14.7 Å². The quantitative estimate of drug-likeness (QED) is 0.910. The number of aryl methyl sites for hydroxylation is 1. The molecule has 3 rings (SSSR count).